The van der Waals surface area contributed by atoms with Crippen LogP contribution in [0, 0.1) is 0 Å². The number of rotatable bonds is 12. The van der Waals surface area contributed by atoms with Crippen LogP contribution in [0.1, 0.15) is 0 Å². The topological polar surface area (TPSA) is 48.5 Å². The molecule has 3 aromatic heterocycles. The molecule has 0 aliphatic heterocycles. The molecule has 0 amide bonds. The summed E-state index contributed by atoms with van der Waals surface area (Å²) in [5.74, 6) is 1.75. The van der Waals surface area contributed by atoms with Crippen LogP contribution in [0.15, 0.2) is 322 Å². The third-order valence-corrected chi connectivity index (χ3v) is 36.7. The van der Waals surface area contributed by atoms with Gasteiger partial charge in [0.05, 0.1) is 0 Å². The van der Waals surface area contributed by atoms with Crippen molar-refractivity contribution in [3.05, 3.63) is 322 Å². The molecular formula is C75H53Ge2N5. The van der Waals surface area contributed by atoms with E-state index in [2.05, 4.69) is 331 Å². The molecule has 3 heterocycles. The van der Waals surface area contributed by atoms with Crippen LogP contribution in [0.5, 0.6) is 0 Å². The van der Waals surface area contributed by atoms with Crippen molar-refractivity contribution in [1.82, 2.24) is 24.1 Å². The van der Waals surface area contributed by atoms with E-state index in [0.717, 1.165) is 60.4 Å². The Bertz CT molecular complexity index is 4400. The van der Waals surface area contributed by atoms with E-state index < -0.39 is 26.5 Å². The van der Waals surface area contributed by atoms with Crippen LogP contribution in [-0.4, -0.2) is 50.6 Å². The van der Waals surface area contributed by atoms with Crippen LogP contribution in [0.3, 0.4) is 0 Å². The number of benzene rings is 12. The van der Waals surface area contributed by atoms with Crippen molar-refractivity contribution in [1.29, 1.82) is 0 Å². The Balaban J connectivity index is 1.04. The molecule has 0 radical (unpaired) electrons. The molecule has 0 saturated heterocycles. The Morgan fingerprint density at radius 3 is 1.02 bits per heavy atom. The Labute approximate surface area is 481 Å². The minimum absolute atomic E-state index is 0.551. The monoisotopic (exact) mass is 1170 g/mol. The summed E-state index contributed by atoms with van der Waals surface area (Å²) in [6.07, 6.45) is 0. The van der Waals surface area contributed by atoms with Crippen molar-refractivity contribution < 1.29 is 0 Å². The number of hydrogen-bond donors (Lipinski definition) is 0. The smallest absolute Gasteiger partial charge is 0.0380 e. The Morgan fingerprint density at radius 1 is 0.244 bits per heavy atom. The maximum atomic E-state index is 5.75. The van der Waals surface area contributed by atoms with E-state index in [-0.39, 0.29) is 0 Å². The first kappa shape index (κ1) is 49.4. The third kappa shape index (κ3) is 8.02. The molecule has 0 spiro atoms. The van der Waals surface area contributed by atoms with Crippen LogP contribution in [0.25, 0.3) is 78.0 Å². The molecule has 15 rings (SSSR count). The van der Waals surface area contributed by atoms with Crippen LogP contribution in [-0.2, 0) is 0 Å². The molecule has 0 saturated carbocycles. The van der Waals surface area contributed by atoms with Gasteiger partial charge in [0.2, 0.25) is 0 Å². The molecule has 7 heteroatoms. The maximum Gasteiger partial charge on any atom is -0.0380 e. The fraction of sp³-hybridized carbons (Fsp3) is 0. The zero-order chi connectivity index (χ0) is 54.5. The predicted molar refractivity (Wildman–Crippen MR) is 347 cm³/mol. The summed E-state index contributed by atoms with van der Waals surface area (Å²) in [6, 6.07) is 118. The molecule has 0 atom stereocenters. The fourth-order valence-electron chi connectivity index (χ4n) is 13.2. The second-order valence-corrected chi connectivity index (χ2v) is 37.0. The second kappa shape index (κ2) is 20.8. The van der Waals surface area contributed by atoms with E-state index in [0.29, 0.717) is 17.6 Å². The maximum absolute atomic E-state index is 5.75. The summed E-state index contributed by atoms with van der Waals surface area (Å²) < 4.78 is 15.4. The first-order chi connectivity index (χ1) is 40.7. The van der Waals surface area contributed by atoms with Gasteiger partial charge in [-0.15, -0.1) is 0 Å². The number of fused-ring (bicyclic) bond motifs is 7. The van der Waals surface area contributed by atoms with E-state index in [9.17, 15) is 0 Å². The van der Waals surface area contributed by atoms with Crippen LogP contribution in [0.2, 0.25) is 0 Å². The zero-order valence-electron chi connectivity index (χ0n) is 44.8. The molecule has 0 bridgehead atoms. The molecule has 386 valence electrons. The van der Waals surface area contributed by atoms with Gasteiger partial charge in [-0.1, -0.05) is 24.3 Å². The number of aromatic nitrogens is 5. The molecule has 0 aliphatic carbocycles. The fourth-order valence-corrected chi connectivity index (χ4v) is 33.3. The average Bonchev–Trinajstić information content (AvgIpc) is 3.18. The van der Waals surface area contributed by atoms with Gasteiger partial charge < -0.3 is 0 Å². The molecule has 0 fully saturated rings. The van der Waals surface area contributed by atoms with Gasteiger partial charge in [-0.2, -0.15) is 0 Å². The van der Waals surface area contributed by atoms with Gasteiger partial charge in [-0.05, 0) is 12.1 Å². The van der Waals surface area contributed by atoms with Gasteiger partial charge in [0.25, 0.3) is 0 Å². The van der Waals surface area contributed by atoms with Gasteiger partial charge in [-0.25, -0.2) is 0 Å². The van der Waals surface area contributed by atoms with Gasteiger partial charge in [0.15, 0.2) is 0 Å². The number of para-hydroxylation sites is 3. The zero-order valence-corrected chi connectivity index (χ0v) is 49.0. The number of nitrogens with zero attached hydrogens (tertiary/aromatic N) is 5. The molecule has 0 aliphatic rings. The standard InChI is InChI=1S/C75H53Ge2N5/c1-8-30-56(31-9-1)76(57-32-10-2-11-33-57,58-34-12-3-13-35-58)62-42-26-28-54(52-62)73-78-74(55-29-27-43-63(53-55)77(59-36-14-4-15-37-59,60-38-16-5-17-39-60)61-40-18-6-19-41-61)80-75(79-73)82-68-48-24-22-46-65(68)66-50-51-70-71(72(66)82)67-47-23-25-49-69(67)81(70)64-44-20-7-21-45-64/h1-53H. The summed E-state index contributed by atoms with van der Waals surface area (Å²) in [5.41, 5.74) is 7.26. The molecular weight excluding hydrogens is 1120 g/mol. The van der Waals surface area contributed by atoms with E-state index >= 15 is 0 Å². The largest absolute Gasteiger partial charge is 0.0602 e. The summed E-state index contributed by atoms with van der Waals surface area (Å²) >= 11 is -7.51. The van der Waals surface area contributed by atoms with Gasteiger partial charge >= 0.3 is 449 Å². The Morgan fingerprint density at radius 2 is 0.598 bits per heavy atom. The average molecular weight is 1170 g/mol. The molecule has 5 nitrogen and oxygen atoms in total. The normalized spacial score (nSPS) is 11.9. The van der Waals surface area contributed by atoms with E-state index in [1.807, 2.05) is 0 Å². The predicted octanol–water partition coefficient (Wildman–Crippen LogP) is 12.2. The van der Waals surface area contributed by atoms with E-state index in [1.54, 1.807) is 0 Å². The SMILES string of the molecule is c1ccc(-n2c3ccccc3c3c2ccc2c4ccccc4n(-c4nc(-c5ccc[c]([Ge]([c]6ccccc6)([c]6ccccc6)[c]6ccccc6)c5)nc(-c5ccc[c]([Ge]([c]6ccccc6)([c]6ccccc6)[c]6ccccc6)c5)n4)c23)cc1. The van der Waals surface area contributed by atoms with E-state index in [4.69, 9.17) is 15.0 Å². The molecule has 0 unspecified atom stereocenters. The summed E-state index contributed by atoms with van der Waals surface area (Å²) in [5, 5.41) is 4.55. The number of hydrogen-bond acceptors (Lipinski definition) is 3. The molecule has 12 aromatic carbocycles. The summed E-state index contributed by atoms with van der Waals surface area (Å²) in [7, 11) is 0. The molecule has 15 aromatic rings. The minimum Gasteiger partial charge on any atom is -0.0602 e. The van der Waals surface area contributed by atoms with Crippen molar-refractivity contribution in [2.75, 3.05) is 0 Å². The summed E-state index contributed by atoms with van der Waals surface area (Å²) in [6.45, 7) is 0. The van der Waals surface area contributed by atoms with Gasteiger partial charge in [0, 0.05) is 0 Å². The second-order valence-electron chi connectivity index (χ2n) is 21.0. The third-order valence-electron chi connectivity index (χ3n) is 16.7. The van der Waals surface area contributed by atoms with Crippen LogP contribution < -0.4 is 35.2 Å². The minimum atomic E-state index is -3.75. The Hall–Kier alpha value is -9.66. The van der Waals surface area contributed by atoms with Crippen molar-refractivity contribution in [3.63, 3.8) is 0 Å². The molecule has 82 heavy (non-hydrogen) atoms. The van der Waals surface area contributed by atoms with E-state index in [1.165, 1.54) is 35.2 Å². The van der Waals surface area contributed by atoms with Crippen molar-refractivity contribution in [2.45, 2.75) is 0 Å². The first-order valence-corrected chi connectivity index (χ1v) is 36.4. The quantitative estimate of drug-likeness (QED) is 0.115. The first-order valence-electron chi connectivity index (χ1n) is 28.0. The molecule has 0 N–H and O–H groups in total. The van der Waals surface area contributed by atoms with Crippen LogP contribution in [0.4, 0.5) is 0 Å². The summed E-state index contributed by atoms with van der Waals surface area (Å²) in [4.78, 5) is 17.2. The Kier molecular flexibility index (Phi) is 12.5. The van der Waals surface area contributed by atoms with Crippen LogP contribution >= 0.6 is 0 Å². The van der Waals surface area contributed by atoms with Crippen molar-refractivity contribution in [3.8, 4) is 34.4 Å². The van der Waals surface area contributed by atoms with Crippen molar-refractivity contribution >= 4 is 105 Å². The van der Waals surface area contributed by atoms with Crippen molar-refractivity contribution in [2.24, 2.45) is 0 Å². The van der Waals surface area contributed by atoms with Gasteiger partial charge in [-0.3, -0.25) is 0 Å². The van der Waals surface area contributed by atoms with Gasteiger partial charge in [0.1, 0.15) is 0 Å².